The van der Waals surface area contributed by atoms with E-state index < -0.39 is 0 Å². The average molecular weight is 284 g/mol. The summed E-state index contributed by atoms with van der Waals surface area (Å²) in [4.78, 5) is 7.35. The SMILES string of the molecule is CCNC(Cc1ncc[nH]1)c1ccoc1Br. The van der Waals surface area contributed by atoms with E-state index in [2.05, 4.69) is 38.1 Å². The molecule has 0 amide bonds. The predicted octanol–water partition coefficient (Wildman–Crippen LogP) is 2.66. The van der Waals surface area contributed by atoms with E-state index in [1.165, 1.54) is 0 Å². The zero-order chi connectivity index (χ0) is 11.4. The van der Waals surface area contributed by atoms with Crippen molar-refractivity contribution < 1.29 is 4.42 Å². The number of hydrogen-bond donors (Lipinski definition) is 2. The van der Waals surface area contributed by atoms with Crippen molar-refractivity contribution in [3.8, 4) is 0 Å². The first-order chi connectivity index (χ1) is 7.81. The number of nitrogens with one attached hydrogen (secondary N) is 2. The summed E-state index contributed by atoms with van der Waals surface area (Å²) in [6.07, 6.45) is 6.11. The van der Waals surface area contributed by atoms with Gasteiger partial charge in [0.15, 0.2) is 4.67 Å². The number of aromatic nitrogens is 2. The van der Waals surface area contributed by atoms with Gasteiger partial charge >= 0.3 is 0 Å². The molecule has 4 nitrogen and oxygen atoms in total. The maximum Gasteiger partial charge on any atom is 0.173 e. The predicted molar refractivity (Wildman–Crippen MR) is 65.1 cm³/mol. The smallest absolute Gasteiger partial charge is 0.173 e. The number of aromatic amines is 1. The van der Waals surface area contributed by atoms with Crippen molar-refractivity contribution in [1.82, 2.24) is 15.3 Å². The Labute approximate surface area is 103 Å². The number of hydrogen-bond acceptors (Lipinski definition) is 3. The molecule has 0 aliphatic carbocycles. The van der Waals surface area contributed by atoms with E-state index in [9.17, 15) is 0 Å². The van der Waals surface area contributed by atoms with Crippen LogP contribution in [0.1, 0.15) is 24.4 Å². The van der Waals surface area contributed by atoms with E-state index in [1.54, 1.807) is 12.5 Å². The lowest BCUT2D eigenvalue weighted by Gasteiger charge is -2.15. The van der Waals surface area contributed by atoms with Crippen molar-refractivity contribution in [2.75, 3.05) is 6.54 Å². The standard InChI is InChI=1S/C11H14BrN3O/c1-2-13-9(7-10-14-4-5-15-10)8-3-6-16-11(8)12/h3-6,9,13H,2,7H2,1H3,(H,14,15). The molecule has 86 valence electrons. The normalized spacial score (nSPS) is 12.9. The summed E-state index contributed by atoms with van der Waals surface area (Å²) in [5, 5.41) is 3.41. The highest BCUT2D eigenvalue weighted by Crippen LogP contribution is 2.26. The van der Waals surface area contributed by atoms with Crippen LogP contribution >= 0.6 is 15.9 Å². The van der Waals surface area contributed by atoms with E-state index in [1.807, 2.05) is 12.3 Å². The number of H-pyrrole nitrogens is 1. The molecule has 5 heteroatoms. The van der Waals surface area contributed by atoms with Crippen LogP contribution in [0.15, 0.2) is 33.8 Å². The Balaban J connectivity index is 2.14. The fourth-order valence-corrected chi connectivity index (χ4v) is 2.21. The Morgan fingerprint density at radius 2 is 2.50 bits per heavy atom. The molecule has 2 aromatic rings. The molecule has 2 rings (SSSR count). The third-order valence-corrected chi connectivity index (χ3v) is 3.07. The van der Waals surface area contributed by atoms with Crippen LogP contribution in [0.25, 0.3) is 0 Å². The molecule has 1 unspecified atom stereocenters. The Morgan fingerprint density at radius 3 is 3.06 bits per heavy atom. The maximum atomic E-state index is 5.26. The third-order valence-electron chi connectivity index (χ3n) is 2.42. The molecule has 0 aromatic carbocycles. The fraction of sp³-hybridized carbons (Fsp3) is 0.364. The van der Waals surface area contributed by atoms with Crippen molar-refractivity contribution in [1.29, 1.82) is 0 Å². The second-order valence-electron chi connectivity index (χ2n) is 3.50. The Bertz CT molecular complexity index is 424. The molecule has 0 radical (unpaired) electrons. The minimum atomic E-state index is 0.212. The van der Waals surface area contributed by atoms with Gasteiger partial charge in [-0.2, -0.15) is 0 Å². The van der Waals surface area contributed by atoms with Crippen LogP contribution in [-0.2, 0) is 6.42 Å². The highest BCUT2D eigenvalue weighted by Gasteiger charge is 2.17. The Morgan fingerprint density at radius 1 is 1.62 bits per heavy atom. The average Bonchev–Trinajstić information content (AvgIpc) is 2.88. The van der Waals surface area contributed by atoms with Gasteiger partial charge in [0.2, 0.25) is 0 Å². The molecule has 0 saturated carbocycles. The van der Waals surface area contributed by atoms with Crippen LogP contribution < -0.4 is 5.32 Å². The number of imidazole rings is 1. The zero-order valence-corrected chi connectivity index (χ0v) is 10.6. The molecule has 0 aliphatic heterocycles. The molecule has 0 bridgehead atoms. The summed E-state index contributed by atoms with van der Waals surface area (Å²) in [5.74, 6) is 0.971. The molecule has 0 saturated heterocycles. The molecular formula is C11H14BrN3O. The lowest BCUT2D eigenvalue weighted by Crippen LogP contribution is -2.23. The van der Waals surface area contributed by atoms with Gasteiger partial charge < -0.3 is 14.7 Å². The maximum absolute atomic E-state index is 5.26. The molecule has 0 spiro atoms. The highest BCUT2D eigenvalue weighted by molar-refractivity contribution is 9.10. The number of halogens is 1. The monoisotopic (exact) mass is 283 g/mol. The summed E-state index contributed by atoms with van der Waals surface area (Å²) in [5.41, 5.74) is 1.12. The topological polar surface area (TPSA) is 53.9 Å². The van der Waals surface area contributed by atoms with Crippen LogP contribution in [-0.4, -0.2) is 16.5 Å². The number of likely N-dealkylation sites (N-methyl/N-ethyl adjacent to an activating group) is 1. The second-order valence-corrected chi connectivity index (χ2v) is 4.22. The zero-order valence-electron chi connectivity index (χ0n) is 9.03. The molecule has 2 N–H and O–H groups in total. The van der Waals surface area contributed by atoms with Gasteiger partial charge in [0, 0.05) is 30.4 Å². The van der Waals surface area contributed by atoms with E-state index in [0.717, 1.165) is 29.0 Å². The van der Waals surface area contributed by atoms with Gasteiger partial charge in [-0.3, -0.25) is 0 Å². The summed E-state index contributed by atoms with van der Waals surface area (Å²) >= 11 is 3.40. The summed E-state index contributed by atoms with van der Waals surface area (Å²) < 4.78 is 6.04. The van der Waals surface area contributed by atoms with Gasteiger partial charge in [-0.15, -0.1) is 0 Å². The van der Waals surface area contributed by atoms with Crippen LogP contribution in [0.2, 0.25) is 0 Å². The summed E-state index contributed by atoms with van der Waals surface area (Å²) in [7, 11) is 0. The van der Waals surface area contributed by atoms with Crippen LogP contribution in [0.5, 0.6) is 0 Å². The molecule has 0 aliphatic rings. The van der Waals surface area contributed by atoms with Crippen molar-refractivity contribution in [2.45, 2.75) is 19.4 Å². The van der Waals surface area contributed by atoms with Gasteiger partial charge in [0.1, 0.15) is 5.82 Å². The van der Waals surface area contributed by atoms with Crippen molar-refractivity contribution in [2.24, 2.45) is 0 Å². The van der Waals surface area contributed by atoms with Gasteiger partial charge in [0.25, 0.3) is 0 Å². The first kappa shape index (κ1) is 11.4. The van der Waals surface area contributed by atoms with Gasteiger partial charge in [-0.25, -0.2) is 4.98 Å². The van der Waals surface area contributed by atoms with Crippen molar-refractivity contribution in [3.63, 3.8) is 0 Å². The third kappa shape index (κ3) is 2.54. The molecule has 2 aromatic heterocycles. The molecule has 16 heavy (non-hydrogen) atoms. The highest BCUT2D eigenvalue weighted by atomic mass is 79.9. The van der Waals surface area contributed by atoms with Crippen molar-refractivity contribution in [3.05, 3.63) is 40.8 Å². The quantitative estimate of drug-likeness (QED) is 0.887. The first-order valence-corrected chi connectivity index (χ1v) is 6.05. The van der Waals surface area contributed by atoms with E-state index in [-0.39, 0.29) is 6.04 Å². The van der Waals surface area contributed by atoms with E-state index >= 15 is 0 Å². The molecule has 1 atom stereocenters. The van der Waals surface area contributed by atoms with Crippen LogP contribution in [0.3, 0.4) is 0 Å². The van der Waals surface area contributed by atoms with Crippen LogP contribution in [0.4, 0.5) is 0 Å². The lowest BCUT2D eigenvalue weighted by molar-refractivity contribution is 0.502. The lowest BCUT2D eigenvalue weighted by atomic mass is 10.1. The second kappa shape index (κ2) is 5.32. The van der Waals surface area contributed by atoms with Crippen LogP contribution in [0, 0.1) is 0 Å². The Hall–Kier alpha value is -1.07. The van der Waals surface area contributed by atoms with Gasteiger partial charge in [-0.05, 0) is 28.5 Å². The largest absolute Gasteiger partial charge is 0.457 e. The van der Waals surface area contributed by atoms with E-state index in [0.29, 0.717) is 0 Å². The summed E-state index contributed by atoms with van der Waals surface area (Å²) in [6.45, 7) is 2.99. The minimum Gasteiger partial charge on any atom is -0.457 e. The fourth-order valence-electron chi connectivity index (χ4n) is 1.70. The van der Waals surface area contributed by atoms with Gasteiger partial charge in [0.05, 0.1) is 6.26 Å². The first-order valence-electron chi connectivity index (χ1n) is 5.25. The summed E-state index contributed by atoms with van der Waals surface area (Å²) in [6, 6.07) is 2.18. The van der Waals surface area contributed by atoms with Crippen molar-refractivity contribution >= 4 is 15.9 Å². The number of nitrogens with zero attached hydrogens (tertiary/aromatic N) is 1. The minimum absolute atomic E-state index is 0.212. The molecule has 2 heterocycles. The number of rotatable bonds is 5. The Kier molecular flexibility index (Phi) is 3.79. The number of furan rings is 1. The molecular weight excluding hydrogens is 270 g/mol. The molecule has 0 fully saturated rings. The van der Waals surface area contributed by atoms with Gasteiger partial charge in [-0.1, -0.05) is 6.92 Å². The van der Waals surface area contributed by atoms with E-state index in [4.69, 9.17) is 4.42 Å².